The zero-order chi connectivity index (χ0) is 12.7. The Balaban J connectivity index is 1.99. The van der Waals surface area contributed by atoms with Crippen molar-refractivity contribution >= 4 is 33.4 Å². The van der Waals surface area contributed by atoms with Crippen molar-refractivity contribution in [2.45, 2.75) is 18.8 Å². The van der Waals surface area contributed by atoms with Gasteiger partial charge in [0.2, 0.25) is 11.8 Å². The van der Waals surface area contributed by atoms with E-state index in [0.717, 1.165) is 10.1 Å². The largest absolute Gasteiger partial charge is 0.307 e. The van der Waals surface area contributed by atoms with Crippen molar-refractivity contribution in [3.63, 3.8) is 0 Å². The van der Waals surface area contributed by atoms with E-state index in [1.165, 1.54) is 0 Å². The minimum absolute atomic E-state index is 0.206. The lowest BCUT2D eigenvalue weighted by Gasteiger charge is -2.18. The first kappa shape index (κ1) is 11.4. The molecule has 1 aliphatic heterocycles. The molecule has 2 aromatic heterocycles. The summed E-state index contributed by atoms with van der Waals surface area (Å²) in [6, 6.07) is 3.79. The Bertz CT molecular complexity index is 650. The van der Waals surface area contributed by atoms with Crippen LogP contribution < -0.4 is 5.32 Å². The molecule has 1 fully saturated rings. The van der Waals surface area contributed by atoms with Gasteiger partial charge in [-0.2, -0.15) is 0 Å². The third-order valence-corrected chi connectivity index (χ3v) is 3.53. The third-order valence-electron chi connectivity index (χ3n) is 3.04. The number of halogens is 1. The number of imide groups is 1. The van der Waals surface area contributed by atoms with Gasteiger partial charge in [-0.1, -0.05) is 15.9 Å². The predicted molar refractivity (Wildman–Crippen MR) is 68.0 cm³/mol. The summed E-state index contributed by atoms with van der Waals surface area (Å²) in [6.45, 7) is 0. The molecule has 1 atom stereocenters. The van der Waals surface area contributed by atoms with Crippen LogP contribution in [-0.4, -0.2) is 21.2 Å². The molecule has 2 aromatic rings. The summed E-state index contributed by atoms with van der Waals surface area (Å²) in [6.07, 6.45) is 4.60. The standard InChI is InChI=1S/C12H10BrN3O2/c13-7-3-4-16-6-9(14-10(16)5-7)8-1-2-11(17)15-12(8)18/h3-6,8H,1-2H2,(H,15,17,18). The molecule has 18 heavy (non-hydrogen) atoms. The first-order chi connectivity index (χ1) is 8.63. The number of nitrogens with zero attached hydrogens (tertiary/aromatic N) is 2. The smallest absolute Gasteiger partial charge is 0.235 e. The lowest BCUT2D eigenvalue weighted by atomic mass is 9.95. The van der Waals surface area contributed by atoms with Crippen LogP contribution in [0.15, 0.2) is 29.0 Å². The van der Waals surface area contributed by atoms with E-state index in [1.807, 2.05) is 28.9 Å². The molecule has 0 spiro atoms. The Hall–Kier alpha value is -1.69. The van der Waals surface area contributed by atoms with Crippen molar-refractivity contribution in [3.05, 3.63) is 34.7 Å². The second-order valence-electron chi connectivity index (χ2n) is 4.28. The second-order valence-corrected chi connectivity index (χ2v) is 5.20. The molecule has 0 aliphatic carbocycles. The van der Waals surface area contributed by atoms with Crippen LogP contribution in [0.4, 0.5) is 0 Å². The molecule has 0 aromatic carbocycles. The number of rotatable bonds is 1. The number of piperidine rings is 1. The highest BCUT2D eigenvalue weighted by Gasteiger charge is 2.29. The van der Waals surface area contributed by atoms with Gasteiger partial charge in [0, 0.05) is 23.3 Å². The molecule has 0 radical (unpaired) electrons. The quantitative estimate of drug-likeness (QED) is 0.814. The molecule has 0 saturated carbocycles. The van der Waals surface area contributed by atoms with Crippen molar-refractivity contribution in [3.8, 4) is 0 Å². The van der Waals surface area contributed by atoms with E-state index in [9.17, 15) is 9.59 Å². The minimum atomic E-state index is -0.332. The van der Waals surface area contributed by atoms with Crippen LogP contribution in [0.25, 0.3) is 5.65 Å². The van der Waals surface area contributed by atoms with Gasteiger partial charge in [0.25, 0.3) is 0 Å². The van der Waals surface area contributed by atoms with Gasteiger partial charge in [-0.25, -0.2) is 4.98 Å². The number of carbonyl (C=O) groups is 2. The molecule has 1 unspecified atom stereocenters. The van der Waals surface area contributed by atoms with Gasteiger partial charge in [0.1, 0.15) is 5.65 Å². The summed E-state index contributed by atoms with van der Waals surface area (Å²) in [7, 11) is 0. The minimum Gasteiger partial charge on any atom is -0.307 e. The summed E-state index contributed by atoms with van der Waals surface area (Å²) in [4.78, 5) is 27.3. The number of hydrogen-bond acceptors (Lipinski definition) is 3. The fraction of sp³-hybridized carbons (Fsp3) is 0.250. The number of aromatic nitrogens is 2. The van der Waals surface area contributed by atoms with Gasteiger partial charge in [-0.05, 0) is 18.6 Å². The molecular formula is C12H10BrN3O2. The van der Waals surface area contributed by atoms with Gasteiger partial charge in [0.05, 0.1) is 11.6 Å². The maximum Gasteiger partial charge on any atom is 0.235 e. The monoisotopic (exact) mass is 307 g/mol. The Morgan fingerprint density at radius 2 is 2.28 bits per heavy atom. The van der Waals surface area contributed by atoms with Crippen molar-refractivity contribution in [1.29, 1.82) is 0 Å². The Labute approximate surface area is 111 Å². The highest BCUT2D eigenvalue weighted by atomic mass is 79.9. The Morgan fingerprint density at radius 1 is 1.44 bits per heavy atom. The number of imidazole rings is 1. The van der Waals surface area contributed by atoms with E-state index >= 15 is 0 Å². The van der Waals surface area contributed by atoms with Crippen LogP contribution in [0.5, 0.6) is 0 Å². The van der Waals surface area contributed by atoms with Crippen LogP contribution in [0.2, 0.25) is 0 Å². The van der Waals surface area contributed by atoms with Crippen molar-refractivity contribution in [2.75, 3.05) is 0 Å². The summed E-state index contributed by atoms with van der Waals surface area (Å²) in [5.41, 5.74) is 1.49. The van der Waals surface area contributed by atoms with E-state index in [1.54, 1.807) is 0 Å². The first-order valence-corrected chi connectivity index (χ1v) is 6.40. The lowest BCUT2D eigenvalue weighted by molar-refractivity contribution is -0.134. The van der Waals surface area contributed by atoms with E-state index in [0.29, 0.717) is 18.5 Å². The molecule has 92 valence electrons. The molecule has 1 saturated heterocycles. The lowest BCUT2D eigenvalue weighted by Crippen LogP contribution is -2.39. The van der Waals surface area contributed by atoms with E-state index in [2.05, 4.69) is 26.2 Å². The van der Waals surface area contributed by atoms with Gasteiger partial charge in [0.15, 0.2) is 0 Å². The number of nitrogens with one attached hydrogen (secondary N) is 1. The Morgan fingerprint density at radius 3 is 3.06 bits per heavy atom. The van der Waals surface area contributed by atoms with Crippen LogP contribution in [0.3, 0.4) is 0 Å². The van der Waals surface area contributed by atoms with Crippen molar-refractivity contribution in [2.24, 2.45) is 0 Å². The molecule has 0 bridgehead atoms. The maximum absolute atomic E-state index is 11.8. The zero-order valence-corrected chi connectivity index (χ0v) is 11.0. The topological polar surface area (TPSA) is 63.5 Å². The van der Waals surface area contributed by atoms with E-state index in [4.69, 9.17) is 0 Å². The summed E-state index contributed by atoms with van der Waals surface area (Å²) >= 11 is 3.38. The molecular weight excluding hydrogens is 298 g/mol. The molecule has 3 rings (SSSR count). The first-order valence-electron chi connectivity index (χ1n) is 5.61. The SMILES string of the molecule is O=C1CCC(c2cn3ccc(Br)cc3n2)C(=O)N1. The van der Waals surface area contributed by atoms with Gasteiger partial charge in [-0.15, -0.1) is 0 Å². The number of hydrogen-bond donors (Lipinski definition) is 1. The number of carbonyl (C=O) groups excluding carboxylic acids is 2. The molecule has 2 amide bonds. The summed E-state index contributed by atoms with van der Waals surface area (Å²) in [5, 5.41) is 2.35. The average molecular weight is 308 g/mol. The fourth-order valence-electron chi connectivity index (χ4n) is 2.12. The molecule has 6 heteroatoms. The number of amides is 2. The highest BCUT2D eigenvalue weighted by Crippen LogP contribution is 2.25. The van der Waals surface area contributed by atoms with Gasteiger partial charge in [-0.3, -0.25) is 14.9 Å². The van der Waals surface area contributed by atoms with Crippen molar-refractivity contribution in [1.82, 2.24) is 14.7 Å². The fourth-order valence-corrected chi connectivity index (χ4v) is 2.44. The van der Waals surface area contributed by atoms with E-state index < -0.39 is 0 Å². The van der Waals surface area contributed by atoms with Crippen LogP contribution in [0, 0.1) is 0 Å². The molecule has 3 heterocycles. The number of pyridine rings is 1. The van der Waals surface area contributed by atoms with E-state index in [-0.39, 0.29) is 17.7 Å². The van der Waals surface area contributed by atoms with Crippen LogP contribution in [-0.2, 0) is 9.59 Å². The summed E-state index contributed by atoms with van der Waals surface area (Å²) in [5.74, 6) is -0.794. The molecule has 1 aliphatic rings. The maximum atomic E-state index is 11.8. The predicted octanol–water partition coefficient (Wildman–Crippen LogP) is 1.62. The molecule has 5 nitrogen and oxygen atoms in total. The third kappa shape index (κ3) is 1.92. The second kappa shape index (κ2) is 4.20. The normalized spacial score (nSPS) is 20.2. The Kier molecular flexibility index (Phi) is 2.66. The highest BCUT2D eigenvalue weighted by molar-refractivity contribution is 9.10. The van der Waals surface area contributed by atoms with Gasteiger partial charge >= 0.3 is 0 Å². The average Bonchev–Trinajstić information content (AvgIpc) is 2.71. The summed E-state index contributed by atoms with van der Waals surface area (Å²) < 4.78 is 2.81. The van der Waals surface area contributed by atoms with Crippen molar-refractivity contribution < 1.29 is 9.59 Å². The zero-order valence-electron chi connectivity index (χ0n) is 9.39. The number of fused-ring (bicyclic) bond motifs is 1. The molecule has 1 N–H and O–H groups in total. The van der Waals surface area contributed by atoms with Gasteiger partial charge < -0.3 is 4.40 Å². The van der Waals surface area contributed by atoms with Crippen LogP contribution in [0.1, 0.15) is 24.5 Å². The van der Waals surface area contributed by atoms with Crippen LogP contribution >= 0.6 is 15.9 Å².